The lowest BCUT2D eigenvalue weighted by atomic mass is 9.79. The Hall–Kier alpha value is -2.64. The van der Waals surface area contributed by atoms with Gasteiger partial charge in [0.05, 0.1) is 11.8 Å². The minimum Gasteiger partial charge on any atom is -0.481 e. The van der Waals surface area contributed by atoms with E-state index in [1.165, 1.54) is 13.8 Å². The number of ether oxygens (including phenoxy) is 3. The first-order valence-electron chi connectivity index (χ1n) is 8.72. The van der Waals surface area contributed by atoms with Crippen molar-refractivity contribution in [2.45, 2.75) is 45.6 Å². The smallest absolute Gasteiger partial charge is 0.333 e. The van der Waals surface area contributed by atoms with E-state index >= 15 is 0 Å². The quantitative estimate of drug-likeness (QED) is 0.366. The molecule has 1 N–H and O–H groups in total. The van der Waals surface area contributed by atoms with E-state index in [4.69, 9.17) is 14.2 Å². The lowest BCUT2D eigenvalue weighted by Crippen LogP contribution is -2.38. The van der Waals surface area contributed by atoms with Crippen molar-refractivity contribution < 1.29 is 38.5 Å². The third kappa shape index (κ3) is 7.24. The molecule has 2 atom stereocenters. The number of hydrogen-bond acceptors (Lipinski definition) is 7. The molecule has 0 aromatic carbocycles. The van der Waals surface area contributed by atoms with Gasteiger partial charge in [-0.2, -0.15) is 0 Å². The van der Waals surface area contributed by atoms with E-state index in [1.807, 2.05) is 0 Å². The summed E-state index contributed by atoms with van der Waals surface area (Å²) in [5.41, 5.74) is 0.328. The van der Waals surface area contributed by atoms with E-state index < -0.39 is 41.8 Å². The first-order valence-corrected chi connectivity index (χ1v) is 8.72. The zero-order valence-electron chi connectivity index (χ0n) is 15.7. The Morgan fingerprint density at radius 3 is 1.78 bits per heavy atom. The third-order valence-corrected chi connectivity index (χ3v) is 4.17. The molecule has 0 saturated heterocycles. The summed E-state index contributed by atoms with van der Waals surface area (Å²) in [6, 6.07) is 0. The molecule has 1 aliphatic carbocycles. The van der Waals surface area contributed by atoms with Crippen molar-refractivity contribution in [2.75, 3.05) is 13.2 Å². The Kier molecular flexibility index (Phi) is 8.71. The van der Waals surface area contributed by atoms with Crippen LogP contribution in [-0.4, -0.2) is 48.3 Å². The molecule has 1 aliphatic rings. The van der Waals surface area contributed by atoms with Gasteiger partial charge in [0.15, 0.2) is 6.10 Å². The van der Waals surface area contributed by atoms with Crippen molar-refractivity contribution in [2.24, 2.45) is 11.8 Å². The first kappa shape index (κ1) is 22.4. The standard InChI is InChI=1S/C19H26O8/c1-11(2)17(22)25-9-13(10-26-18(23)12(3)4)27-19(24)15-8-6-5-7-14(15)16(20)21/h13-15H,1,3,5-10H2,2,4H3,(H,20,21). The zero-order valence-corrected chi connectivity index (χ0v) is 15.7. The van der Waals surface area contributed by atoms with E-state index in [9.17, 15) is 24.3 Å². The Bertz CT molecular complexity index is 591. The molecule has 0 bridgehead atoms. The first-order chi connectivity index (χ1) is 12.6. The Morgan fingerprint density at radius 1 is 0.926 bits per heavy atom. The highest BCUT2D eigenvalue weighted by Crippen LogP contribution is 2.31. The molecule has 8 heteroatoms. The van der Waals surface area contributed by atoms with E-state index in [2.05, 4.69) is 13.2 Å². The van der Waals surface area contributed by atoms with Crippen LogP contribution in [0.1, 0.15) is 39.5 Å². The van der Waals surface area contributed by atoms with Gasteiger partial charge < -0.3 is 19.3 Å². The van der Waals surface area contributed by atoms with Gasteiger partial charge in [-0.05, 0) is 26.7 Å². The zero-order chi connectivity index (χ0) is 20.6. The number of carboxylic acids is 1. The van der Waals surface area contributed by atoms with Crippen LogP contribution in [0.3, 0.4) is 0 Å². The molecule has 0 spiro atoms. The van der Waals surface area contributed by atoms with Crippen LogP contribution in [0.4, 0.5) is 0 Å². The Morgan fingerprint density at radius 2 is 1.37 bits per heavy atom. The maximum atomic E-state index is 12.5. The van der Waals surface area contributed by atoms with Gasteiger partial charge in [-0.15, -0.1) is 0 Å². The molecule has 0 radical (unpaired) electrons. The fraction of sp³-hybridized carbons (Fsp3) is 0.579. The second-order valence-corrected chi connectivity index (χ2v) is 6.65. The molecule has 27 heavy (non-hydrogen) atoms. The number of carboxylic acid groups (broad SMARTS) is 1. The molecule has 1 saturated carbocycles. The molecule has 8 nitrogen and oxygen atoms in total. The fourth-order valence-corrected chi connectivity index (χ4v) is 2.66. The minimum absolute atomic E-state index is 0.164. The van der Waals surface area contributed by atoms with Crippen molar-refractivity contribution in [3.8, 4) is 0 Å². The molecule has 150 valence electrons. The van der Waals surface area contributed by atoms with Crippen molar-refractivity contribution in [1.29, 1.82) is 0 Å². The Balaban J connectivity index is 2.77. The molecule has 0 aromatic heterocycles. The number of rotatable bonds is 9. The lowest BCUT2D eigenvalue weighted by molar-refractivity contribution is -0.172. The highest BCUT2D eigenvalue weighted by Gasteiger charge is 2.38. The largest absolute Gasteiger partial charge is 0.481 e. The summed E-state index contributed by atoms with van der Waals surface area (Å²) in [6.45, 7) is 9.14. The summed E-state index contributed by atoms with van der Waals surface area (Å²) >= 11 is 0. The molecular weight excluding hydrogens is 356 g/mol. The number of esters is 3. The molecule has 0 heterocycles. The average molecular weight is 382 g/mol. The summed E-state index contributed by atoms with van der Waals surface area (Å²) < 4.78 is 15.3. The van der Waals surface area contributed by atoms with Gasteiger partial charge in [-0.1, -0.05) is 26.0 Å². The SMILES string of the molecule is C=C(C)C(=O)OCC(COC(=O)C(=C)C)OC(=O)C1CCCCC1C(=O)O. The van der Waals surface area contributed by atoms with Crippen molar-refractivity contribution in [1.82, 2.24) is 0 Å². The predicted octanol–water partition coefficient (Wildman–Crippen LogP) is 2.03. The molecule has 0 amide bonds. The summed E-state index contributed by atoms with van der Waals surface area (Å²) in [5.74, 6) is -4.71. The van der Waals surface area contributed by atoms with Gasteiger partial charge in [-0.25, -0.2) is 9.59 Å². The third-order valence-electron chi connectivity index (χ3n) is 4.17. The predicted molar refractivity (Wildman–Crippen MR) is 94.5 cm³/mol. The molecule has 1 rings (SSSR count). The van der Waals surface area contributed by atoms with Crippen molar-refractivity contribution in [3.63, 3.8) is 0 Å². The fourth-order valence-electron chi connectivity index (χ4n) is 2.66. The minimum atomic E-state index is -1.06. The average Bonchev–Trinajstić information content (AvgIpc) is 2.62. The van der Waals surface area contributed by atoms with Crippen LogP contribution in [0.15, 0.2) is 24.3 Å². The highest BCUT2D eigenvalue weighted by molar-refractivity contribution is 5.87. The molecule has 0 aromatic rings. The Labute approximate surface area is 158 Å². The monoisotopic (exact) mass is 382 g/mol. The van der Waals surface area contributed by atoms with Crippen LogP contribution in [0.25, 0.3) is 0 Å². The summed E-state index contributed by atoms with van der Waals surface area (Å²) in [7, 11) is 0. The van der Waals surface area contributed by atoms with Gasteiger partial charge in [0.25, 0.3) is 0 Å². The van der Waals surface area contributed by atoms with E-state index in [0.29, 0.717) is 12.8 Å². The second-order valence-electron chi connectivity index (χ2n) is 6.65. The summed E-state index contributed by atoms with van der Waals surface area (Å²) in [6.07, 6.45) is 1.20. The topological polar surface area (TPSA) is 116 Å². The van der Waals surface area contributed by atoms with Crippen molar-refractivity contribution >= 4 is 23.9 Å². The number of hydrogen-bond donors (Lipinski definition) is 1. The number of aliphatic carboxylic acids is 1. The summed E-state index contributed by atoms with van der Waals surface area (Å²) in [4.78, 5) is 47.0. The molecule has 2 unspecified atom stereocenters. The maximum Gasteiger partial charge on any atom is 0.333 e. The lowest BCUT2D eigenvalue weighted by Gasteiger charge is -2.28. The van der Waals surface area contributed by atoms with Gasteiger partial charge in [-0.3, -0.25) is 9.59 Å². The second kappa shape index (κ2) is 10.5. The van der Waals surface area contributed by atoms with Gasteiger partial charge in [0.1, 0.15) is 13.2 Å². The van der Waals surface area contributed by atoms with Crippen LogP contribution < -0.4 is 0 Å². The molecular formula is C19H26O8. The van der Waals surface area contributed by atoms with E-state index in [-0.39, 0.29) is 24.4 Å². The summed E-state index contributed by atoms with van der Waals surface area (Å²) in [5, 5.41) is 9.30. The van der Waals surface area contributed by atoms with Gasteiger partial charge in [0.2, 0.25) is 0 Å². The van der Waals surface area contributed by atoms with Crippen LogP contribution in [0.2, 0.25) is 0 Å². The van der Waals surface area contributed by atoms with E-state index in [0.717, 1.165) is 12.8 Å². The van der Waals surface area contributed by atoms with E-state index in [1.54, 1.807) is 0 Å². The highest BCUT2D eigenvalue weighted by atomic mass is 16.6. The maximum absolute atomic E-state index is 12.5. The molecule has 0 aliphatic heterocycles. The number of carbonyl (C=O) groups excluding carboxylic acids is 3. The van der Waals surface area contributed by atoms with Crippen LogP contribution in [-0.2, 0) is 33.4 Å². The van der Waals surface area contributed by atoms with Crippen LogP contribution >= 0.6 is 0 Å². The van der Waals surface area contributed by atoms with Crippen LogP contribution in [0, 0.1) is 11.8 Å². The van der Waals surface area contributed by atoms with Gasteiger partial charge >= 0.3 is 23.9 Å². The van der Waals surface area contributed by atoms with Gasteiger partial charge in [0, 0.05) is 11.1 Å². The normalized spacial score (nSPS) is 19.1. The molecule has 1 fully saturated rings. The van der Waals surface area contributed by atoms with Crippen LogP contribution in [0.5, 0.6) is 0 Å². The van der Waals surface area contributed by atoms with Crippen molar-refractivity contribution in [3.05, 3.63) is 24.3 Å². The number of carbonyl (C=O) groups is 4.